The summed E-state index contributed by atoms with van der Waals surface area (Å²) in [7, 11) is 0. The van der Waals surface area contributed by atoms with Gasteiger partial charge in [-0.15, -0.1) is 0 Å². The van der Waals surface area contributed by atoms with E-state index in [0.717, 1.165) is 31.7 Å². The number of piperidine rings is 1. The first-order valence-corrected chi connectivity index (χ1v) is 8.39. The van der Waals surface area contributed by atoms with Crippen LogP contribution in [0, 0.1) is 5.82 Å². The summed E-state index contributed by atoms with van der Waals surface area (Å²) in [5.74, 6) is -0.167. The predicted octanol–water partition coefficient (Wildman–Crippen LogP) is 3.94. The third-order valence-corrected chi connectivity index (χ3v) is 4.85. The van der Waals surface area contributed by atoms with E-state index in [-0.39, 0.29) is 5.82 Å². The van der Waals surface area contributed by atoms with Gasteiger partial charge >= 0.3 is 0 Å². The van der Waals surface area contributed by atoms with Crippen LogP contribution in [0.3, 0.4) is 0 Å². The summed E-state index contributed by atoms with van der Waals surface area (Å²) < 4.78 is 14.2. The molecular weight excluding hydrogens is 319 g/mol. The molecule has 2 nitrogen and oxygen atoms in total. The minimum Gasteiger partial charge on any atom is -0.315 e. The molecule has 1 aromatic rings. The van der Waals surface area contributed by atoms with E-state index >= 15 is 0 Å². The first-order chi connectivity index (χ1) is 9.72. The molecule has 1 aliphatic heterocycles. The standard InChI is InChI=1S/C16H24BrFN2/c1-2-9-19-11-14-7-3-4-10-20(14)12-13-6-5-8-15(18)16(13)17/h5-6,8,14,19H,2-4,7,9-12H2,1H3. The van der Waals surface area contributed by atoms with Crippen LogP contribution in [0.25, 0.3) is 0 Å². The highest BCUT2D eigenvalue weighted by Gasteiger charge is 2.22. The fourth-order valence-corrected chi connectivity index (χ4v) is 3.22. The molecule has 0 aromatic heterocycles. The Bertz CT molecular complexity index is 425. The third kappa shape index (κ3) is 4.27. The second-order valence-corrected chi connectivity index (χ2v) is 6.33. The van der Waals surface area contributed by atoms with E-state index in [2.05, 4.69) is 33.1 Å². The van der Waals surface area contributed by atoms with Crippen LogP contribution in [0.5, 0.6) is 0 Å². The predicted molar refractivity (Wildman–Crippen MR) is 85.3 cm³/mol. The number of hydrogen-bond acceptors (Lipinski definition) is 2. The maximum absolute atomic E-state index is 13.6. The Morgan fingerprint density at radius 2 is 2.25 bits per heavy atom. The van der Waals surface area contributed by atoms with Crippen molar-refractivity contribution in [2.45, 2.75) is 45.2 Å². The van der Waals surface area contributed by atoms with Crippen molar-refractivity contribution in [1.82, 2.24) is 10.2 Å². The molecule has 0 aliphatic carbocycles. The first kappa shape index (κ1) is 15.9. The summed E-state index contributed by atoms with van der Waals surface area (Å²) >= 11 is 3.37. The average Bonchev–Trinajstić information content (AvgIpc) is 2.46. The van der Waals surface area contributed by atoms with Gasteiger partial charge in [0.15, 0.2) is 0 Å². The maximum atomic E-state index is 13.6. The quantitative estimate of drug-likeness (QED) is 0.787. The Labute approximate surface area is 129 Å². The summed E-state index contributed by atoms with van der Waals surface area (Å²) in [6.07, 6.45) is 4.96. The van der Waals surface area contributed by atoms with Gasteiger partial charge in [-0.05, 0) is 59.9 Å². The molecule has 0 bridgehead atoms. The van der Waals surface area contributed by atoms with Gasteiger partial charge in [-0.25, -0.2) is 4.39 Å². The molecular formula is C16H24BrFN2. The molecule has 1 aliphatic rings. The Kier molecular flexibility index (Phi) is 6.46. The molecule has 1 N–H and O–H groups in total. The van der Waals surface area contributed by atoms with Crippen LogP contribution in [-0.2, 0) is 6.54 Å². The minimum atomic E-state index is -0.167. The molecule has 1 heterocycles. The molecule has 2 rings (SSSR count). The van der Waals surface area contributed by atoms with Crippen LogP contribution in [0.4, 0.5) is 4.39 Å². The Balaban J connectivity index is 1.99. The average molecular weight is 343 g/mol. The number of halogens is 2. The topological polar surface area (TPSA) is 15.3 Å². The Morgan fingerprint density at radius 1 is 1.40 bits per heavy atom. The molecule has 1 unspecified atom stereocenters. The lowest BCUT2D eigenvalue weighted by molar-refractivity contribution is 0.137. The summed E-state index contributed by atoms with van der Waals surface area (Å²) in [5.41, 5.74) is 1.05. The molecule has 1 fully saturated rings. The van der Waals surface area contributed by atoms with Crippen LogP contribution >= 0.6 is 15.9 Å². The Morgan fingerprint density at radius 3 is 3.05 bits per heavy atom. The maximum Gasteiger partial charge on any atom is 0.137 e. The largest absolute Gasteiger partial charge is 0.315 e. The van der Waals surface area contributed by atoms with Crippen molar-refractivity contribution in [3.05, 3.63) is 34.1 Å². The van der Waals surface area contributed by atoms with Crippen molar-refractivity contribution >= 4 is 15.9 Å². The number of likely N-dealkylation sites (tertiary alicyclic amines) is 1. The Hall–Kier alpha value is -0.450. The molecule has 0 saturated carbocycles. The zero-order chi connectivity index (χ0) is 14.4. The number of nitrogens with zero attached hydrogens (tertiary/aromatic N) is 1. The van der Waals surface area contributed by atoms with Gasteiger partial charge in [0.2, 0.25) is 0 Å². The summed E-state index contributed by atoms with van der Waals surface area (Å²) in [4.78, 5) is 2.49. The van der Waals surface area contributed by atoms with E-state index in [1.165, 1.54) is 31.7 Å². The van der Waals surface area contributed by atoms with Crippen molar-refractivity contribution in [2.75, 3.05) is 19.6 Å². The van der Waals surface area contributed by atoms with Gasteiger partial charge < -0.3 is 5.32 Å². The van der Waals surface area contributed by atoms with E-state index in [4.69, 9.17) is 0 Å². The van der Waals surface area contributed by atoms with Gasteiger partial charge in [0.25, 0.3) is 0 Å². The van der Waals surface area contributed by atoms with Crippen LogP contribution in [-0.4, -0.2) is 30.6 Å². The fourth-order valence-electron chi connectivity index (χ4n) is 2.83. The van der Waals surface area contributed by atoms with Crippen LogP contribution < -0.4 is 5.32 Å². The SMILES string of the molecule is CCCNCC1CCCCN1Cc1cccc(F)c1Br. The summed E-state index contributed by atoms with van der Waals surface area (Å²) in [6, 6.07) is 5.89. The smallest absolute Gasteiger partial charge is 0.137 e. The molecule has 4 heteroatoms. The van der Waals surface area contributed by atoms with Crippen LogP contribution in [0.2, 0.25) is 0 Å². The minimum absolute atomic E-state index is 0.167. The lowest BCUT2D eigenvalue weighted by Gasteiger charge is -2.36. The first-order valence-electron chi connectivity index (χ1n) is 7.60. The van der Waals surface area contributed by atoms with E-state index < -0.39 is 0 Å². The molecule has 1 atom stereocenters. The number of nitrogens with one attached hydrogen (secondary N) is 1. The van der Waals surface area contributed by atoms with Crippen molar-refractivity contribution in [3.63, 3.8) is 0 Å². The highest BCUT2D eigenvalue weighted by Crippen LogP contribution is 2.25. The molecule has 112 valence electrons. The lowest BCUT2D eigenvalue weighted by atomic mass is 10.0. The van der Waals surface area contributed by atoms with Crippen LogP contribution in [0.15, 0.2) is 22.7 Å². The molecule has 1 saturated heterocycles. The molecule has 0 radical (unpaired) electrons. The zero-order valence-corrected chi connectivity index (χ0v) is 13.8. The molecule has 20 heavy (non-hydrogen) atoms. The fraction of sp³-hybridized carbons (Fsp3) is 0.625. The van der Waals surface area contributed by atoms with Crippen molar-refractivity contribution < 1.29 is 4.39 Å². The second kappa shape index (κ2) is 8.11. The van der Waals surface area contributed by atoms with Crippen molar-refractivity contribution in [3.8, 4) is 0 Å². The van der Waals surface area contributed by atoms with Gasteiger partial charge in [0.1, 0.15) is 5.82 Å². The van der Waals surface area contributed by atoms with E-state index in [0.29, 0.717) is 10.5 Å². The van der Waals surface area contributed by atoms with Gasteiger partial charge in [0, 0.05) is 19.1 Å². The molecule has 0 amide bonds. The highest BCUT2D eigenvalue weighted by atomic mass is 79.9. The monoisotopic (exact) mass is 342 g/mol. The molecule has 1 aromatic carbocycles. The second-order valence-electron chi connectivity index (χ2n) is 5.54. The molecule has 0 spiro atoms. The summed E-state index contributed by atoms with van der Waals surface area (Å²) in [6.45, 7) is 6.25. The number of hydrogen-bond donors (Lipinski definition) is 1. The van der Waals surface area contributed by atoms with E-state index in [9.17, 15) is 4.39 Å². The van der Waals surface area contributed by atoms with Crippen molar-refractivity contribution in [1.29, 1.82) is 0 Å². The van der Waals surface area contributed by atoms with Gasteiger partial charge in [-0.2, -0.15) is 0 Å². The van der Waals surface area contributed by atoms with E-state index in [1.54, 1.807) is 6.07 Å². The highest BCUT2D eigenvalue weighted by molar-refractivity contribution is 9.10. The van der Waals surface area contributed by atoms with Gasteiger partial charge in [-0.3, -0.25) is 4.90 Å². The van der Waals surface area contributed by atoms with Gasteiger partial charge in [-0.1, -0.05) is 25.5 Å². The third-order valence-electron chi connectivity index (χ3n) is 3.96. The zero-order valence-electron chi connectivity index (χ0n) is 12.2. The van der Waals surface area contributed by atoms with E-state index in [1.807, 2.05) is 6.07 Å². The normalized spacial score (nSPS) is 20.2. The van der Waals surface area contributed by atoms with Crippen molar-refractivity contribution in [2.24, 2.45) is 0 Å². The van der Waals surface area contributed by atoms with Gasteiger partial charge in [0.05, 0.1) is 4.47 Å². The summed E-state index contributed by atoms with van der Waals surface area (Å²) in [5, 5.41) is 3.52. The number of rotatable bonds is 6. The number of benzene rings is 1. The lowest BCUT2D eigenvalue weighted by Crippen LogP contribution is -2.45. The van der Waals surface area contributed by atoms with Crippen LogP contribution in [0.1, 0.15) is 38.2 Å².